The second-order valence-electron chi connectivity index (χ2n) is 5.29. The molecule has 3 rings (SSSR count). The van der Waals surface area contributed by atoms with Crippen molar-refractivity contribution >= 4 is 32.7 Å². The number of anilines is 1. The summed E-state index contributed by atoms with van der Waals surface area (Å²) in [6.07, 6.45) is 0. The first-order chi connectivity index (χ1) is 9.06. The monoisotopic (exact) mass is 276 g/mol. The average molecular weight is 276 g/mol. The van der Waals surface area contributed by atoms with Gasteiger partial charge in [0.2, 0.25) is 0 Å². The maximum Gasteiger partial charge on any atom is 0.310 e. The Labute approximate surface area is 115 Å². The van der Waals surface area contributed by atoms with E-state index in [4.69, 9.17) is 10.1 Å². The number of carbonyl (C=O) groups is 1. The summed E-state index contributed by atoms with van der Waals surface area (Å²) >= 11 is 1.65. The van der Waals surface area contributed by atoms with Gasteiger partial charge in [-0.3, -0.25) is 4.79 Å². The molecule has 1 saturated heterocycles. The van der Waals surface area contributed by atoms with Crippen LogP contribution in [0.5, 0.6) is 0 Å². The number of aromatic nitrogens is 1. The van der Waals surface area contributed by atoms with Gasteiger partial charge in [0.1, 0.15) is 0 Å². The molecule has 0 spiro atoms. The van der Waals surface area contributed by atoms with Crippen LogP contribution >= 0.6 is 11.3 Å². The van der Waals surface area contributed by atoms with E-state index in [0.717, 1.165) is 10.6 Å². The molecule has 2 aromatic rings. The molecule has 5 heteroatoms. The SMILES string of the molecule is CC(C)c1cccc2sc(N3CC(C(=O)O)C3)nc12. The second-order valence-corrected chi connectivity index (χ2v) is 6.29. The highest BCUT2D eigenvalue weighted by atomic mass is 32.1. The highest BCUT2D eigenvalue weighted by molar-refractivity contribution is 7.22. The van der Waals surface area contributed by atoms with Crippen LogP contribution in [-0.4, -0.2) is 29.1 Å². The van der Waals surface area contributed by atoms with E-state index in [1.165, 1.54) is 10.3 Å². The second kappa shape index (κ2) is 4.49. The normalized spacial score (nSPS) is 16.1. The van der Waals surface area contributed by atoms with E-state index in [1.807, 2.05) is 4.90 Å². The Bertz CT molecular complexity index is 629. The van der Waals surface area contributed by atoms with Crippen molar-refractivity contribution in [2.45, 2.75) is 19.8 Å². The Morgan fingerprint density at radius 1 is 1.47 bits per heavy atom. The van der Waals surface area contributed by atoms with E-state index in [1.54, 1.807) is 11.3 Å². The number of hydrogen-bond acceptors (Lipinski definition) is 4. The molecule has 1 aromatic carbocycles. The number of benzene rings is 1. The van der Waals surface area contributed by atoms with Gasteiger partial charge in [-0.05, 0) is 17.5 Å². The van der Waals surface area contributed by atoms with Crippen LogP contribution in [0.3, 0.4) is 0 Å². The van der Waals surface area contributed by atoms with Gasteiger partial charge in [-0.2, -0.15) is 0 Å². The number of rotatable bonds is 3. The summed E-state index contributed by atoms with van der Waals surface area (Å²) in [6.45, 7) is 5.48. The van der Waals surface area contributed by atoms with Crippen LogP contribution in [0.2, 0.25) is 0 Å². The van der Waals surface area contributed by atoms with E-state index in [-0.39, 0.29) is 5.92 Å². The van der Waals surface area contributed by atoms with Crippen molar-refractivity contribution in [3.63, 3.8) is 0 Å². The Morgan fingerprint density at radius 2 is 2.21 bits per heavy atom. The third-order valence-corrected chi connectivity index (χ3v) is 4.64. The van der Waals surface area contributed by atoms with Crippen molar-refractivity contribution in [2.24, 2.45) is 5.92 Å². The van der Waals surface area contributed by atoms with Crippen LogP contribution in [0.25, 0.3) is 10.2 Å². The summed E-state index contributed by atoms with van der Waals surface area (Å²) in [5.41, 5.74) is 2.33. The van der Waals surface area contributed by atoms with Gasteiger partial charge in [-0.1, -0.05) is 37.3 Å². The van der Waals surface area contributed by atoms with Crippen molar-refractivity contribution in [1.29, 1.82) is 0 Å². The van der Waals surface area contributed by atoms with Crippen LogP contribution < -0.4 is 4.90 Å². The molecule has 0 saturated carbocycles. The van der Waals surface area contributed by atoms with Crippen LogP contribution in [0, 0.1) is 5.92 Å². The number of fused-ring (bicyclic) bond motifs is 1. The molecule has 0 aliphatic carbocycles. The summed E-state index contributed by atoms with van der Waals surface area (Å²) < 4.78 is 1.18. The molecule has 1 aliphatic rings. The summed E-state index contributed by atoms with van der Waals surface area (Å²) in [5, 5.41) is 9.86. The van der Waals surface area contributed by atoms with Gasteiger partial charge in [0, 0.05) is 13.1 Å². The Morgan fingerprint density at radius 3 is 2.84 bits per heavy atom. The summed E-state index contributed by atoms with van der Waals surface area (Å²) in [7, 11) is 0. The standard InChI is InChI=1S/C14H16N2O2S/c1-8(2)10-4-3-5-11-12(10)15-14(19-11)16-6-9(7-16)13(17)18/h3-5,8-9H,6-7H2,1-2H3,(H,17,18). The summed E-state index contributed by atoms with van der Waals surface area (Å²) in [5.74, 6) is -0.501. The number of carboxylic acid groups (broad SMARTS) is 1. The lowest BCUT2D eigenvalue weighted by molar-refractivity contribution is -0.142. The smallest absolute Gasteiger partial charge is 0.310 e. The Hall–Kier alpha value is -1.62. The van der Waals surface area contributed by atoms with E-state index in [9.17, 15) is 4.79 Å². The first kappa shape index (κ1) is 12.4. The number of aliphatic carboxylic acids is 1. The maximum atomic E-state index is 10.8. The molecule has 0 atom stereocenters. The molecule has 1 fully saturated rings. The van der Waals surface area contributed by atoms with Gasteiger partial charge < -0.3 is 10.0 Å². The van der Waals surface area contributed by atoms with E-state index >= 15 is 0 Å². The van der Waals surface area contributed by atoms with Crippen LogP contribution in [0.1, 0.15) is 25.3 Å². The predicted octanol–water partition coefficient (Wildman–Crippen LogP) is 2.94. The first-order valence-electron chi connectivity index (χ1n) is 6.43. The molecular formula is C14H16N2O2S. The topological polar surface area (TPSA) is 53.4 Å². The van der Waals surface area contributed by atoms with Gasteiger partial charge in [-0.15, -0.1) is 0 Å². The minimum absolute atomic E-state index is 0.239. The molecule has 1 aliphatic heterocycles. The minimum atomic E-state index is -0.708. The van der Waals surface area contributed by atoms with Gasteiger partial charge in [-0.25, -0.2) is 4.98 Å². The largest absolute Gasteiger partial charge is 0.481 e. The molecule has 1 aromatic heterocycles. The zero-order chi connectivity index (χ0) is 13.6. The molecule has 0 unspecified atom stereocenters. The molecular weight excluding hydrogens is 260 g/mol. The first-order valence-corrected chi connectivity index (χ1v) is 7.25. The van der Waals surface area contributed by atoms with Crippen molar-refractivity contribution in [3.8, 4) is 0 Å². The van der Waals surface area contributed by atoms with Crippen LogP contribution in [0.15, 0.2) is 18.2 Å². The van der Waals surface area contributed by atoms with Crippen LogP contribution in [0.4, 0.5) is 5.13 Å². The van der Waals surface area contributed by atoms with E-state index < -0.39 is 5.97 Å². The lowest BCUT2D eigenvalue weighted by Crippen LogP contribution is -2.50. The molecule has 2 heterocycles. The molecule has 4 nitrogen and oxygen atoms in total. The zero-order valence-corrected chi connectivity index (χ0v) is 11.8. The number of carboxylic acids is 1. The van der Waals surface area contributed by atoms with Gasteiger partial charge in [0.05, 0.1) is 16.1 Å². The minimum Gasteiger partial charge on any atom is -0.481 e. The number of nitrogens with zero attached hydrogens (tertiary/aromatic N) is 2. The summed E-state index contributed by atoms with van der Waals surface area (Å²) in [4.78, 5) is 17.6. The summed E-state index contributed by atoms with van der Waals surface area (Å²) in [6, 6.07) is 6.26. The fourth-order valence-electron chi connectivity index (χ4n) is 2.35. The highest BCUT2D eigenvalue weighted by Crippen LogP contribution is 2.35. The number of hydrogen-bond donors (Lipinski definition) is 1. The van der Waals surface area contributed by atoms with Crippen LogP contribution in [-0.2, 0) is 4.79 Å². The Balaban J connectivity index is 1.91. The molecule has 0 amide bonds. The van der Waals surface area contributed by atoms with E-state index in [2.05, 4.69) is 32.0 Å². The molecule has 0 radical (unpaired) electrons. The quantitative estimate of drug-likeness (QED) is 0.936. The van der Waals surface area contributed by atoms with E-state index in [0.29, 0.717) is 19.0 Å². The lowest BCUT2D eigenvalue weighted by Gasteiger charge is -2.36. The molecule has 19 heavy (non-hydrogen) atoms. The Kier molecular flexibility index (Phi) is 2.93. The fraction of sp³-hybridized carbons (Fsp3) is 0.429. The zero-order valence-electron chi connectivity index (χ0n) is 11.0. The number of para-hydroxylation sites is 1. The van der Waals surface area contributed by atoms with Gasteiger partial charge >= 0.3 is 5.97 Å². The number of thiazole rings is 1. The maximum absolute atomic E-state index is 10.8. The average Bonchev–Trinajstić information content (AvgIpc) is 2.68. The van der Waals surface area contributed by atoms with Crippen molar-refractivity contribution in [3.05, 3.63) is 23.8 Å². The predicted molar refractivity (Wildman–Crippen MR) is 77.0 cm³/mol. The van der Waals surface area contributed by atoms with Crippen molar-refractivity contribution in [1.82, 2.24) is 4.98 Å². The molecule has 100 valence electrons. The third kappa shape index (κ3) is 2.08. The fourth-order valence-corrected chi connectivity index (χ4v) is 3.37. The van der Waals surface area contributed by atoms with Gasteiger partial charge in [0.25, 0.3) is 0 Å². The van der Waals surface area contributed by atoms with Crippen molar-refractivity contribution < 1.29 is 9.90 Å². The molecule has 1 N–H and O–H groups in total. The molecule has 0 bridgehead atoms. The lowest BCUT2D eigenvalue weighted by atomic mass is 10.0. The van der Waals surface area contributed by atoms with Crippen molar-refractivity contribution in [2.75, 3.05) is 18.0 Å². The highest BCUT2D eigenvalue weighted by Gasteiger charge is 2.34. The third-order valence-electron chi connectivity index (χ3n) is 3.56. The van der Waals surface area contributed by atoms with Gasteiger partial charge in [0.15, 0.2) is 5.13 Å².